The van der Waals surface area contributed by atoms with Crippen molar-refractivity contribution in [2.75, 3.05) is 53.9 Å². The molecule has 1 aliphatic rings. The van der Waals surface area contributed by atoms with Crippen molar-refractivity contribution in [3.8, 4) is 17.2 Å². The quantitative estimate of drug-likeness (QED) is 0.478. The summed E-state index contributed by atoms with van der Waals surface area (Å²) < 4.78 is 22.0. The molecule has 7 nitrogen and oxygen atoms in total. The maximum Gasteiger partial charge on any atom is 0.203 e. The highest BCUT2D eigenvalue weighted by molar-refractivity contribution is 8.00. The van der Waals surface area contributed by atoms with Crippen molar-refractivity contribution in [1.82, 2.24) is 10.6 Å². The Hall–Kier alpha value is -1.80. The van der Waals surface area contributed by atoms with Crippen LogP contribution < -0.4 is 24.8 Å². The standard InChI is InChI=1S/C20H33N3O4S/c1-6-21-19(23-14-20(28-5)7-9-27-10-8-20)22-13-15-11-16(24-2)18(26-4)17(12-15)25-3/h11-12H,6-10,13-14H2,1-5H3,(H2,21,22,23). The molecule has 0 amide bonds. The van der Waals surface area contributed by atoms with Crippen LogP contribution in [0, 0.1) is 0 Å². The molecule has 2 rings (SSSR count). The van der Waals surface area contributed by atoms with Crippen LogP contribution >= 0.6 is 11.8 Å². The van der Waals surface area contributed by atoms with Crippen molar-refractivity contribution in [2.24, 2.45) is 4.99 Å². The number of methoxy groups -OCH3 is 3. The molecule has 0 radical (unpaired) electrons. The first-order valence-electron chi connectivity index (χ1n) is 9.55. The van der Waals surface area contributed by atoms with E-state index in [0.717, 1.165) is 50.7 Å². The van der Waals surface area contributed by atoms with Crippen LogP contribution in [0.3, 0.4) is 0 Å². The van der Waals surface area contributed by atoms with Crippen LogP contribution in [0.2, 0.25) is 0 Å². The van der Waals surface area contributed by atoms with Gasteiger partial charge in [-0.05, 0) is 43.7 Å². The summed E-state index contributed by atoms with van der Waals surface area (Å²) in [6.45, 7) is 5.87. The molecule has 1 heterocycles. The van der Waals surface area contributed by atoms with Gasteiger partial charge in [0, 0.05) is 31.1 Å². The molecular formula is C20H33N3O4S. The first-order chi connectivity index (χ1) is 13.6. The van der Waals surface area contributed by atoms with Crippen molar-refractivity contribution in [3.63, 3.8) is 0 Å². The van der Waals surface area contributed by atoms with Crippen LogP contribution in [0.15, 0.2) is 17.1 Å². The molecule has 0 spiro atoms. The molecule has 1 aromatic carbocycles. The van der Waals surface area contributed by atoms with Crippen LogP contribution in [0.1, 0.15) is 25.3 Å². The molecule has 0 aliphatic carbocycles. The molecule has 158 valence electrons. The summed E-state index contributed by atoms with van der Waals surface area (Å²) in [7, 11) is 4.83. The lowest BCUT2D eigenvalue weighted by Crippen LogP contribution is -2.47. The number of aliphatic imine (C=N–C) groups is 1. The Morgan fingerprint density at radius 3 is 2.25 bits per heavy atom. The first-order valence-corrected chi connectivity index (χ1v) is 10.8. The van der Waals surface area contributed by atoms with Crippen molar-refractivity contribution in [2.45, 2.75) is 31.1 Å². The van der Waals surface area contributed by atoms with Gasteiger partial charge < -0.3 is 29.6 Å². The van der Waals surface area contributed by atoms with E-state index >= 15 is 0 Å². The number of nitrogens with one attached hydrogen (secondary N) is 2. The maximum atomic E-state index is 5.53. The van der Waals surface area contributed by atoms with Gasteiger partial charge in [-0.1, -0.05) is 0 Å². The third kappa shape index (κ3) is 5.85. The first kappa shape index (κ1) is 22.5. The monoisotopic (exact) mass is 411 g/mol. The molecular weight excluding hydrogens is 378 g/mol. The normalized spacial score (nSPS) is 16.4. The fourth-order valence-corrected chi connectivity index (χ4v) is 3.97. The predicted molar refractivity (Wildman–Crippen MR) is 115 cm³/mol. The molecule has 8 heteroatoms. The largest absolute Gasteiger partial charge is 0.493 e. The van der Waals surface area contributed by atoms with E-state index in [1.54, 1.807) is 21.3 Å². The van der Waals surface area contributed by atoms with Gasteiger partial charge in [-0.2, -0.15) is 11.8 Å². The Bertz CT molecular complexity index is 623. The SMILES string of the molecule is CCNC(=NCc1cc(OC)c(OC)c(OC)c1)NCC1(SC)CCOCC1. The van der Waals surface area contributed by atoms with Gasteiger partial charge in [-0.15, -0.1) is 0 Å². The van der Waals surface area contributed by atoms with Crippen LogP contribution in [-0.2, 0) is 11.3 Å². The minimum Gasteiger partial charge on any atom is -0.493 e. The number of hydrogen-bond acceptors (Lipinski definition) is 6. The Balaban J connectivity index is 2.11. The second-order valence-corrected chi connectivity index (χ2v) is 7.86. The Morgan fingerprint density at radius 1 is 1.11 bits per heavy atom. The number of ether oxygens (including phenoxy) is 4. The molecule has 1 fully saturated rings. The zero-order valence-electron chi connectivity index (χ0n) is 17.6. The van der Waals surface area contributed by atoms with Crippen molar-refractivity contribution in [3.05, 3.63) is 17.7 Å². The molecule has 0 atom stereocenters. The maximum absolute atomic E-state index is 5.53. The highest BCUT2D eigenvalue weighted by Crippen LogP contribution is 2.38. The lowest BCUT2D eigenvalue weighted by atomic mass is 9.99. The predicted octanol–water partition coefficient (Wildman–Crippen LogP) is 2.68. The minimum atomic E-state index is 0.195. The van der Waals surface area contributed by atoms with Gasteiger partial charge in [0.2, 0.25) is 5.75 Å². The fourth-order valence-electron chi connectivity index (χ4n) is 3.18. The van der Waals surface area contributed by atoms with Gasteiger partial charge >= 0.3 is 0 Å². The van der Waals surface area contributed by atoms with E-state index in [4.69, 9.17) is 23.9 Å². The average Bonchev–Trinajstić information content (AvgIpc) is 2.75. The van der Waals surface area contributed by atoms with Crippen LogP contribution in [0.4, 0.5) is 0 Å². The number of hydrogen-bond donors (Lipinski definition) is 2. The van der Waals surface area contributed by atoms with E-state index in [1.165, 1.54) is 0 Å². The van der Waals surface area contributed by atoms with E-state index in [1.807, 2.05) is 23.9 Å². The van der Waals surface area contributed by atoms with E-state index in [-0.39, 0.29) is 4.75 Å². The Kier molecular flexibility index (Phi) is 9.05. The zero-order valence-corrected chi connectivity index (χ0v) is 18.4. The second-order valence-electron chi connectivity index (χ2n) is 6.58. The highest BCUT2D eigenvalue weighted by atomic mass is 32.2. The molecule has 0 saturated carbocycles. The molecule has 1 aliphatic heterocycles. The molecule has 28 heavy (non-hydrogen) atoms. The molecule has 0 bridgehead atoms. The van der Waals surface area contributed by atoms with Gasteiger partial charge in [0.05, 0.1) is 27.9 Å². The van der Waals surface area contributed by atoms with Gasteiger partial charge in [-0.25, -0.2) is 4.99 Å². The summed E-state index contributed by atoms with van der Waals surface area (Å²) in [5, 5.41) is 6.83. The van der Waals surface area contributed by atoms with E-state index in [9.17, 15) is 0 Å². The number of thioether (sulfide) groups is 1. The summed E-state index contributed by atoms with van der Waals surface area (Å²) in [5.41, 5.74) is 0.984. The van der Waals surface area contributed by atoms with Crippen LogP contribution in [-0.4, -0.2) is 64.6 Å². The van der Waals surface area contributed by atoms with Gasteiger partial charge in [0.1, 0.15) is 0 Å². The molecule has 1 saturated heterocycles. The summed E-state index contributed by atoms with van der Waals surface area (Å²) in [6, 6.07) is 3.85. The summed E-state index contributed by atoms with van der Waals surface area (Å²) in [5.74, 6) is 2.66. The van der Waals surface area contributed by atoms with Gasteiger partial charge in [-0.3, -0.25) is 0 Å². The Labute approximate surface area is 172 Å². The smallest absolute Gasteiger partial charge is 0.203 e. The molecule has 0 unspecified atom stereocenters. The topological polar surface area (TPSA) is 73.3 Å². The Morgan fingerprint density at radius 2 is 1.75 bits per heavy atom. The lowest BCUT2D eigenvalue weighted by molar-refractivity contribution is 0.0783. The van der Waals surface area contributed by atoms with Crippen molar-refractivity contribution < 1.29 is 18.9 Å². The van der Waals surface area contributed by atoms with Crippen LogP contribution in [0.5, 0.6) is 17.2 Å². The summed E-state index contributed by atoms with van der Waals surface area (Å²) in [6.07, 6.45) is 4.27. The highest BCUT2D eigenvalue weighted by Gasteiger charge is 2.31. The van der Waals surface area contributed by atoms with Gasteiger partial charge in [0.15, 0.2) is 17.5 Å². The summed E-state index contributed by atoms with van der Waals surface area (Å²) in [4.78, 5) is 4.74. The number of nitrogens with zero attached hydrogens (tertiary/aromatic N) is 1. The fraction of sp³-hybridized carbons (Fsp3) is 0.650. The molecule has 1 aromatic rings. The van der Waals surface area contributed by atoms with Gasteiger partial charge in [0.25, 0.3) is 0 Å². The second kappa shape index (κ2) is 11.3. The van der Waals surface area contributed by atoms with Crippen molar-refractivity contribution >= 4 is 17.7 Å². The number of guanidine groups is 1. The average molecular weight is 412 g/mol. The van der Waals surface area contributed by atoms with Crippen molar-refractivity contribution in [1.29, 1.82) is 0 Å². The lowest BCUT2D eigenvalue weighted by Gasteiger charge is -2.36. The zero-order chi connectivity index (χ0) is 20.4. The van der Waals surface area contributed by atoms with Crippen LogP contribution in [0.25, 0.3) is 0 Å². The third-order valence-electron chi connectivity index (χ3n) is 4.90. The minimum absolute atomic E-state index is 0.195. The number of benzene rings is 1. The molecule has 0 aromatic heterocycles. The van der Waals surface area contributed by atoms with E-state index in [2.05, 4.69) is 23.8 Å². The third-order valence-corrected chi connectivity index (χ3v) is 6.32. The molecule has 2 N–H and O–H groups in total. The number of rotatable bonds is 9. The summed E-state index contributed by atoms with van der Waals surface area (Å²) >= 11 is 1.91. The van der Waals surface area contributed by atoms with E-state index < -0.39 is 0 Å². The van der Waals surface area contributed by atoms with E-state index in [0.29, 0.717) is 23.8 Å².